The van der Waals surface area contributed by atoms with Gasteiger partial charge >= 0.3 is 0 Å². The first-order valence-corrected chi connectivity index (χ1v) is 6.07. The minimum atomic E-state index is 0.541. The van der Waals surface area contributed by atoms with E-state index in [0.717, 1.165) is 5.92 Å². The Morgan fingerprint density at radius 3 is 3.33 bits per heavy atom. The summed E-state index contributed by atoms with van der Waals surface area (Å²) in [6.07, 6.45) is 14.0. The molecule has 4 rings (SSSR count). The summed E-state index contributed by atoms with van der Waals surface area (Å²) in [7, 11) is 0. The van der Waals surface area contributed by atoms with Crippen LogP contribution in [0.25, 0.3) is 0 Å². The Morgan fingerprint density at radius 2 is 2.33 bits per heavy atom. The van der Waals surface area contributed by atoms with Crippen LogP contribution in [0.4, 0.5) is 0 Å². The SMILES string of the molecule is C1=CN2C3=C(CC2N1)C1=CCCCC1C3. The molecule has 1 N–H and O–H groups in total. The first-order valence-electron chi connectivity index (χ1n) is 6.07. The second kappa shape index (κ2) is 2.69. The zero-order valence-electron chi connectivity index (χ0n) is 8.87. The Morgan fingerprint density at radius 1 is 1.33 bits per heavy atom. The number of hydrogen-bond acceptors (Lipinski definition) is 2. The van der Waals surface area contributed by atoms with Crippen LogP contribution in [0.3, 0.4) is 0 Å². The van der Waals surface area contributed by atoms with Crippen LogP contribution >= 0.6 is 0 Å². The largest absolute Gasteiger partial charge is 0.369 e. The van der Waals surface area contributed by atoms with Crippen LogP contribution in [-0.4, -0.2) is 11.1 Å². The van der Waals surface area contributed by atoms with Gasteiger partial charge in [0.1, 0.15) is 6.17 Å². The van der Waals surface area contributed by atoms with E-state index in [2.05, 4.69) is 28.7 Å². The molecular weight excluding hydrogens is 184 g/mol. The van der Waals surface area contributed by atoms with Crippen molar-refractivity contribution < 1.29 is 0 Å². The van der Waals surface area contributed by atoms with Gasteiger partial charge in [-0.25, -0.2) is 0 Å². The Labute approximate surface area is 90.3 Å². The Bertz CT molecular complexity index is 403. The van der Waals surface area contributed by atoms with Crippen molar-refractivity contribution in [2.24, 2.45) is 5.92 Å². The number of hydrogen-bond donors (Lipinski definition) is 1. The average molecular weight is 200 g/mol. The molecule has 0 saturated carbocycles. The zero-order valence-corrected chi connectivity index (χ0v) is 8.87. The van der Waals surface area contributed by atoms with E-state index in [0.29, 0.717) is 6.17 Å². The highest BCUT2D eigenvalue weighted by Gasteiger charge is 2.41. The first-order chi connectivity index (χ1) is 7.43. The monoisotopic (exact) mass is 200 g/mol. The molecule has 2 atom stereocenters. The highest BCUT2D eigenvalue weighted by molar-refractivity contribution is 5.48. The molecule has 2 heteroatoms. The second-order valence-electron chi connectivity index (χ2n) is 5.03. The molecule has 2 unspecified atom stereocenters. The predicted octanol–water partition coefficient (Wildman–Crippen LogP) is 2.48. The third-order valence-corrected chi connectivity index (χ3v) is 4.27. The third-order valence-electron chi connectivity index (χ3n) is 4.27. The van der Waals surface area contributed by atoms with Crippen molar-refractivity contribution in [3.05, 3.63) is 35.3 Å². The molecular formula is C13H16N2. The van der Waals surface area contributed by atoms with Crippen LogP contribution < -0.4 is 5.32 Å². The molecule has 0 aromatic carbocycles. The zero-order chi connectivity index (χ0) is 9.83. The fraction of sp³-hybridized carbons (Fsp3) is 0.538. The Kier molecular flexibility index (Phi) is 1.44. The third kappa shape index (κ3) is 0.947. The minimum Gasteiger partial charge on any atom is -0.369 e. The summed E-state index contributed by atoms with van der Waals surface area (Å²) in [4.78, 5) is 2.45. The molecule has 2 heterocycles. The number of allylic oxidation sites excluding steroid dienone is 3. The van der Waals surface area contributed by atoms with Gasteiger partial charge in [0.05, 0.1) is 0 Å². The summed E-state index contributed by atoms with van der Waals surface area (Å²) >= 11 is 0. The van der Waals surface area contributed by atoms with E-state index in [9.17, 15) is 0 Å². The lowest BCUT2D eigenvalue weighted by Crippen LogP contribution is -2.30. The summed E-state index contributed by atoms with van der Waals surface area (Å²) in [5.74, 6) is 0.860. The maximum absolute atomic E-state index is 3.42. The number of fused-ring (bicyclic) bond motifs is 4. The van der Waals surface area contributed by atoms with Gasteiger partial charge in [0, 0.05) is 24.5 Å². The first kappa shape index (κ1) is 8.03. The van der Waals surface area contributed by atoms with Gasteiger partial charge in [0.2, 0.25) is 0 Å². The maximum Gasteiger partial charge on any atom is 0.107 e. The van der Waals surface area contributed by atoms with Gasteiger partial charge in [-0.05, 0) is 42.7 Å². The predicted molar refractivity (Wildman–Crippen MR) is 59.6 cm³/mol. The van der Waals surface area contributed by atoms with Crippen molar-refractivity contribution in [1.82, 2.24) is 10.2 Å². The highest BCUT2D eigenvalue weighted by atomic mass is 15.3. The molecule has 0 aromatic rings. The Balaban J connectivity index is 1.76. The van der Waals surface area contributed by atoms with Gasteiger partial charge in [-0.3, -0.25) is 0 Å². The quantitative estimate of drug-likeness (QED) is 0.646. The molecule has 0 amide bonds. The van der Waals surface area contributed by atoms with Crippen LogP contribution in [0.15, 0.2) is 35.3 Å². The molecule has 0 radical (unpaired) electrons. The van der Waals surface area contributed by atoms with Gasteiger partial charge in [-0.15, -0.1) is 0 Å². The molecule has 0 aromatic heterocycles. The fourth-order valence-corrected chi connectivity index (χ4v) is 3.59. The van der Waals surface area contributed by atoms with Gasteiger partial charge in [-0.1, -0.05) is 6.08 Å². The number of nitrogens with one attached hydrogen (secondary N) is 1. The molecule has 78 valence electrons. The van der Waals surface area contributed by atoms with Crippen molar-refractivity contribution in [1.29, 1.82) is 0 Å². The summed E-state index contributed by atoms with van der Waals surface area (Å²) in [5, 5.41) is 3.42. The van der Waals surface area contributed by atoms with Crippen molar-refractivity contribution in [3.8, 4) is 0 Å². The number of nitrogens with zero attached hydrogens (tertiary/aromatic N) is 1. The number of rotatable bonds is 0. The topological polar surface area (TPSA) is 15.3 Å². The van der Waals surface area contributed by atoms with E-state index in [4.69, 9.17) is 0 Å². The molecule has 4 aliphatic rings. The molecule has 2 aliphatic heterocycles. The lowest BCUT2D eigenvalue weighted by molar-refractivity contribution is 0.345. The summed E-state index contributed by atoms with van der Waals surface area (Å²) < 4.78 is 0. The summed E-state index contributed by atoms with van der Waals surface area (Å²) in [6, 6.07) is 0. The fourth-order valence-electron chi connectivity index (χ4n) is 3.59. The van der Waals surface area contributed by atoms with Crippen LogP contribution in [0.2, 0.25) is 0 Å². The molecule has 0 spiro atoms. The molecule has 0 saturated heterocycles. The summed E-state index contributed by atoms with van der Waals surface area (Å²) in [6.45, 7) is 0. The molecule has 2 nitrogen and oxygen atoms in total. The lowest BCUT2D eigenvalue weighted by Gasteiger charge is -2.24. The van der Waals surface area contributed by atoms with Crippen LogP contribution in [0, 0.1) is 5.92 Å². The standard InChI is InChI=1S/C13H16N2/c1-2-4-10-9(3-1)7-12-11(10)8-13-14-5-6-15(12)13/h4-6,9,13-14H,1-3,7-8H2. The van der Waals surface area contributed by atoms with Crippen molar-refractivity contribution in [3.63, 3.8) is 0 Å². The van der Waals surface area contributed by atoms with E-state index in [1.165, 1.54) is 32.1 Å². The Hall–Kier alpha value is -1.18. The van der Waals surface area contributed by atoms with Crippen molar-refractivity contribution >= 4 is 0 Å². The van der Waals surface area contributed by atoms with E-state index >= 15 is 0 Å². The van der Waals surface area contributed by atoms with Gasteiger partial charge < -0.3 is 10.2 Å². The molecule has 0 fully saturated rings. The van der Waals surface area contributed by atoms with Crippen LogP contribution in [-0.2, 0) is 0 Å². The van der Waals surface area contributed by atoms with E-state index in [1.807, 2.05) is 0 Å². The average Bonchev–Trinajstić information content (AvgIpc) is 2.87. The van der Waals surface area contributed by atoms with Gasteiger partial charge in [0.25, 0.3) is 0 Å². The van der Waals surface area contributed by atoms with Crippen LogP contribution in [0.1, 0.15) is 32.1 Å². The van der Waals surface area contributed by atoms with E-state index in [-0.39, 0.29) is 0 Å². The highest BCUT2D eigenvalue weighted by Crippen LogP contribution is 2.49. The molecule has 0 bridgehead atoms. The smallest absolute Gasteiger partial charge is 0.107 e. The normalized spacial score (nSPS) is 36.3. The lowest BCUT2D eigenvalue weighted by atomic mass is 9.86. The molecule has 2 aliphatic carbocycles. The summed E-state index contributed by atoms with van der Waals surface area (Å²) in [5.41, 5.74) is 4.97. The van der Waals surface area contributed by atoms with Crippen molar-refractivity contribution in [2.45, 2.75) is 38.3 Å². The molecule has 15 heavy (non-hydrogen) atoms. The van der Waals surface area contributed by atoms with E-state index in [1.54, 1.807) is 16.8 Å². The second-order valence-corrected chi connectivity index (χ2v) is 5.03. The maximum atomic E-state index is 3.42. The minimum absolute atomic E-state index is 0.541. The van der Waals surface area contributed by atoms with Gasteiger partial charge in [0.15, 0.2) is 0 Å². The van der Waals surface area contributed by atoms with Gasteiger partial charge in [-0.2, -0.15) is 0 Å². The van der Waals surface area contributed by atoms with Crippen LogP contribution in [0.5, 0.6) is 0 Å². The van der Waals surface area contributed by atoms with Crippen molar-refractivity contribution in [2.75, 3.05) is 0 Å². The van der Waals surface area contributed by atoms with E-state index < -0.39 is 0 Å².